The Balaban J connectivity index is 2.02. The molecule has 0 spiro atoms. The molecule has 0 bridgehead atoms. The molecule has 0 aromatic carbocycles. The minimum absolute atomic E-state index is 0.162. The second-order valence-corrected chi connectivity index (χ2v) is 4.89. The summed E-state index contributed by atoms with van der Waals surface area (Å²) in [6.07, 6.45) is 4.64. The lowest BCUT2D eigenvalue weighted by Crippen LogP contribution is -2.33. The van der Waals surface area contributed by atoms with Crippen LogP contribution in [0.3, 0.4) is 0 Å². The molecule has 19 heavy (non-hydrogen) atoms. The van der Waals surface area contributed by atoms with Crippen molar-refractivity contribution in [2.45, 2.75) is 32.7 Å². The molecular formula is C12H18N4O3. The molecule has 1 saturated carbocycles. The largest absolute Gasteiger partial charge is 0.480 e. The number of aliphatic carboxylic acids is 1. The van der Waals surface area contributed by atoms with Gasteiger partial charge >= 0.3 is 5.97 Å². The lowest BCUT2D eigenvalue weighted by Gasteiger charge is -2.20. The van der Waals surface area contributed by atoms with Gasteiger partial charge in [-0.2, -0.15) is 0 Å². The second-order valence-electron chi connectivity index (χ2n) is 4.89. The lowest BCUT2D eigenvalue weighted by atomic mass is 10.3. The van der Waals surface area contributed by atoms with E-state index in [1.807, 2.05) is 6.92 Å². The van der Waals surface area contributed by atoms with Crippen molar-refractivity contribution >= 4 is 11.9 Å². The van der Waals surface area contributed by atoms with E-state index in [-0.39, 0.29) is 18.1 Å². The average molecular weight is 266 g/mol. The van der Waals surface area contributed by atoms with Crippen LogP contribution in [-0.2, 0) is 11.3 Å². The smallest absolute Gasteiger partial charge is 0.325 e. The van der Waals surface area contributed by atoms with E-state index < -0.39 is 5.97 Å². The van der Waals surface area contributed by atoms with Gasteiger partial charge in [0, 0.05) is 13.1 Å². The monoisotopic (exact) mass is 266 g/mol. The molecule has 0 saturated heterocycles. The molecule has 0 radical (unpaired) electrons. The van der Waals surface area contributed by atoms with Crippen LogP contribution in [0.4, 0.5) is 0 Å². The van der Waals surface area contributed by atoms with Crippen molar-refractivity contribution in [2.75, 3.05) is 13.1 Å². The van der Waals surface area contributed by atoms with E-state index in [9.17, 15) is 9.59 Å². The van der Waals surface area contributed by atoms with Gasteiger partial charge in [-0.3, -0.25) is 9.59 Å². The molecule has 1 heterocycles. The van der Waals surface area contributed by atoms with E-state index >= 15 is 0 Å². The minimum Gasteiger partial charge on any atom is -0.480 e. The first-order valence-electron chi connectivity index (χ1n) is 6.51. The number of carboxylic acids is 1. The molecule has 1 aromatic heterocycles. The van der Waals surface area contributed by atoms with Gasteiger partial charge in [0.25, 0.3) is 5.91 Å². The van der Waals surface area contributed by atoms with Crippen molar-refractivity contribution in [1.82, 2.24) is 19.9 Å². The van der Waals surface area contributed by atoms with Gasteiger partial charge < -0.3 is 10.0 Å². The van der Waals surface area contributed by atoms with Crippen LogP contribution >= 0.6 is 0 Å². The van der Waals surface area contributed by atoms with E-state index in [1.54, 1.807) is 4.90 Å². The third-order valence-electron chi connectivity index (χ3n) is 3.01. The highest BCUT2D eigenvalue weighted by atomic mass is 16.4. The number of nitrogens with zero attached hydrogens (tertiary/aromatic N) is 4. The molecule has 1 N–H and O–H groups in total. The summed E-state index contributed by atoms with van der Waals surface area (Å²) < 4.78 is 1.16. The quantitative estimate of drug-likeness (QED) is 0.781. The van der Waals surface area contributed by atoms with E-state index in [4.69, 9.17) is 5.11 Å². The Morgan fingerprint density at radius 3 is 2.84 bits per heavy atom. The van der Waals surface area contributed by atoms with Crippen LogP contribution < -0.4 is 0 Å². The second kappa shape index (κ2) is 5.81. The minimum atomic E-state index is -1.01. The maximum absolute atomic E-state index is 12.3. The summed E-state index contributed by atoms with van der Waals surface area (Å²) in [6, 6.07) is 0. The molecule has 2 rings (SSSR count). The SMILES string of the molecule is CCCN(CC1CC1)C(=O)c1cn(CC(=O)O)nn1. The van der Waals surface area contributed by atoms with Crippen molar-refractivity contribution < 1.29 is 14.7 Å². The molecule has 0 aliphatic heterocycles. The highest BCUT2D eigenvalue weighted by molar-refractivity contribution is 5.92. The molecule has 0 atom stereocenters. The van der Waals surface area contributed by atoms with Crippen molar-refractivity contribution in [3.63, 3.8) is 0 Å². The molecule has 0 unspecified atom stereocenters. The number of rotatable bonds is 7. The Labute approximate surface area is 111 Å². The zero-order valence-corrected chi connectivity index (χ0v) is 10.9. The van der Waals surface area contributed by atoms with Crippen LogP contribution in [0.2, 0.25) is 0 Å². The number of carboxylic acid groups (broad SMARTS) is 1. The fraction of sp³-hybridized carbons (Fsp3) is 0.667. The van der Waals surface area contributed by atoms with Crippen LogP contribution in [0.1, 0.15) is 36.7 Å². The highest BCUT2D eigenvalue weighted by Gasteiger charge is 2.28. The molecule has 1 aromatic rings. The number of hydrogen-bond donors (Lipinski definition) is 1. The van der Waals surface area contributed by atoms with Gasteiger partial charge in [0.05, 0.1) is 6.20 Å². The van der Waals surface area contributed by atoms with E-state index in [1.165, 1.54) is 19.0 Å². The number of hydrogen-bond acceptors (Lipinski definition) is 4. The van der Waals surface area contributed by atoms with Gasteiger partial charge in [-0.05, 0) is 25.2 Å². The van der Waals surface area contributed by atoms with Gasteiger partial charge in [0.1, 0.15) is 6.54 Å². The molecular weight excluding hydrogens is 248 g/mol. The summed E-state index contributed by atoms with van der Waals surface area (Å²) in [5.74, 6) is -0.553. The highest BCUT2D eigenvalue weighted by Crippen LogP contribution is 2.30. The van der Waals surface area contributed by atoms with E-state index in [2.05, 4.69) is 10.3 Å². The fourth-order valence-electron chi connectivity index (χ4n) is 1.93. The van der Waals surface area contributed by atoms with Crippen LogP contribution in [-0.4, -0.2) is 50.0 Å². The van der Waals surface area contributed by atoms with E-state index in [0.29, 0.717) is 12.5 Å². The van der Waals surface area contributed by atoms with Crippen molar-refractivity contribution in [1.29, 1.82) is 0 Å². The number of carbonyl (C=O) groups is 2. The van der Waals surface area contributed by atoms with Crippen LogP contribution in [0.5, 0.6) is 0 Å². The van der Waals surface area contributed by atoms with Crippen molar-refractivity contribution in [3.8, 4) is 0 Å². The summed E-state index contributed by atoms with van der Waals surface area (Å²) in [4.78, 5) is 24.6. The number of amides is 1. The molecule has 7 nitrogen and oxygen atoms in total. The van der Waals surface area contributed by atoms with Crippen LogP contribution in [0, 0.1) is 5.92 Å². The average Bonchev–Trinajstić information content (AvgIpc) is 3.05. The maximum atomic E-state index is 12.3. The third-order valence-corrected chi connectivity index (χ3v) is 3.01. The predicted octanol–water partition coefficient (Wildman–Crippen LogP) is 0.625. The van der Waals surface area contributed by atoms with E-state index in [0.717, 1.165) is 17.6 Å². The number of carbonyl (C=O) groups excluding carboxylic acids is 1. The Morgan fingerprint density at radius 2 is 2.26 bits per heavy atom. The van der Waals surface area contributed by atoms with Gasteiger partial charge in [-0.15, -0.1) is 5.10 Å². The first-order valence-corrected chi connectivity index (χ1v) is 6.51. The summed E-state index contributed by atoms with van der Waals surface area (Å²) >= 11 is 0. The first kappa shape index (κ1) is 13.5. The Bertz CT molecular complexity index is 467. The molecule has 7 heteroatoms. The summed E-state index contributed by atoms with van der Waals surface area (Å²) in [5, 5.41) is 16.1. The molecule has 104 valence electrons. The van der Waals surface area contributed by atoms with Crippen molar-refractivity contribution in [3.05, 3.63) is 11.9 Å². The van der Waals surface area contributed by atoms with Gasteiger partial charge in [-0.1, -0.05) is 12.1 Å². The number of aromatic nitrogens is 3. The Hall–Kier alpha value is -1.92. The Kier molecular flexibility index (Phi) is 4.13. The molecule has 1 aliphatic rings. The van der Waals surface area contributed by atoms with Gasteiger partial charge in [0.2, 0.25) is 0 Å². The summed E-state index contributed by atoms with van der Waals surface area (Å²) in [5.41, 5.74) is 0.218. The maximum Gasteiger partial charge on any atom is 0.325 e. The van der Waals surface area contributed by atoms with Crippen LogP contribution in [0.25, 0.3) is 0 Å². The summed E-state index contributed by atoms with van der Waals surface area (Å²) in [6.45, 7) is 3.20. The normalized spacial score (nSPS) is 14.4. The predicted molar refractivity (Wildman–Crippen MR) is 66.6 cm³/mol. The lowest BCUT2D eigenvalue weighted by molar-refractivity contribution is -0.137. The zero-order valence-electron chi connectivity index (χ0n) is 10.9. The van der Waals surface area contributed by atoms with Gasteiger partial charge in [0.15, 0.2) is 5.69 Å². The fourth-order valence-corrected chi connectivity index (χ4v) is 1.93. The third kappa shape index (κ3) is 3.77. The Morgan fingerprint density at radius 1 is 1.53 bits per heavy atom. The first-order chi connectivity index (χ1) is 9.10. The topological polar surface area (TPSA) is 88.3 Å². The molecule has 1 fully saturated rings. The summed E-state index contributed by atoms with van der Waals surface area (Å²) in [7, 11) is 0. The van der Waals surface area contributed by atoms with Crippen molar-refractivity contribution in [2.24, 2.45) is 5.92 Å². The van der Waals surface area contributed by atoms with Crippen LogP contribution in [0.15, 0.2) is 6.20 Å². The standard InChI is InChI=1S/C12H18N4O3/c1-2-5-15(6-9-3-4-9)12(19)10-7-16(14-13-10)8-11(17)18/h7,9H,2-6,8H2,1H3,(H,17,18). The zero-order chi connectivity index (χ0) is 13.8. The molecule has 1 aliphatic carbocycles. The van der Waals surface area contributed by atoms with Gasteiger partial charge in [-0.25, -0.2) is 4.68 Å². The molecule has 1 amide bonds.